The van der Waals surface area contributed by atoms with Gasteiger partial charge in [-0.2, -0.15) is 5.10 Å². The SMILES string of the molecule is CCCS(=O)(=O)N1CCC(NC(=O)c2cc3c(C)nn(-c4cccc(Cl)c4)c3s2)CC1. The molecule has 166 valence electrons. The Morgan fingerprint density at radius 1 is 1.29 bits per heavy atom. The Hall–Kier alpha value is -1.94. The van der Waals surface area contributed by atoms with Crippen LogP contribution in [0.25, 0.3) is 15.9 Å². The van der Waals surface area contributed by atoms with Crippen LogP contribution in [0.2, 0.25) is 5.02 Å². The molecule has 0 saturated carbocycles. The van der Waals surface area contributed by atoms with Crippen molar-refractivity contribution in [1.29, 1.82) is 0 Å². The molecule has 7 nitrogen and oxygen atoms in total. The van der Waals surface area contributed by atoms with Crippen LogP contribution in [-0.4, -0.2) is 53.3 Å². The molecule has 0 aliphatic carbocycles. The smallest absolute Gasteiger partial charge is 0.261 e. The Kier molecular flexibility index (Phi) is 6.39. The first kappa shape index (κ1) is 22.3. The quantitative estimate of drug-likeness (QED) is 0.578. The van der Waals surface area contributed by atoms with Gasteiger partial charge >= 0.3 is 0 Å². The minimum Gasteiger partial charge on any atom is -0.349 e. The summed E-state index contributed by atoms with van der Waals surface area (Å²) >= 11 is 7.52. The number of benzene rings is 1. The maximum atomic E-state index is 12.9. The molecular formula is C21H25ClN4O3S2. The lowest BCUT2D eigenvalue weighted by atomic mass is 10.1. The maximum Gasteiger partial charge on any atom is 0.261 e. The van der Waals surface area contributed by atoms with E-state index >= 15 is 0 Å². The van der Waals surface area contributed by atoms with Gasteiger partial charge in [-0.3, -0.25) is 4.79 Å². The third-order valence-corrected chi connectivity index (χ3v) is 8.89. The highest BCUT2D eigenvalue weighted by Crippen LogP contribution is 2.31. The van der Waals surface area contributed by atoms with Gasteiger partial charge in [0.15, 0.2) is 0 Å². The number of halogens is 1. The summed E-state index contributed by atoms with van der Waals surface area (Å²) in [6.07, 6.45) is 1.85. The van der Waals surface area contributed by atoms with E-state index in [9.17, 15) is 13.2 Å². The molecule has 0 spiro atoms. The van der Waals surface area contributed by atoms with Crippen LogP contribution in [0, 0.1) is 6.92 Å². The van der Waals surface area contributed by atoms with Gasteiger partial charge in [0, 0.05) is 29.5 Å². The lowest BCUT2D eigenvalue weighted by Crippen LogP contribution is -2.46. The van der Waals surface area contributed by atoms with Crippen LogP contribution < -0.4 is 5.32 Å². The predicted octanol–water partition coefficient (Wildman–Crippen LogP) is 3.98. The third kappa shape index (κ3) is 4.64. The minimum absolute atomic E-state index is 0.0312. The summed E-state index contributed by atoms with van der Waals surface area (Å²) in [6.45, 7) is 4.68. The van der Waals surface area contributed by atoms with Gasteiger partial charge in [0.05, 0.1) is 22.0 Å². The maximum absolute atomic E-state index is 12.9. The highest BCUT2D eigenvalue weighted by atomic mass is 35.5. The Balaban J connectivity index is 1.48. The van der Waals surface area contributed by atoms with E-state index in [1.54, 1.807) is 4.31 Å². The molecule has 1 aliphatic heterocycles. The highest BCUT2D eigenvalue weighted by molar-refractivity contribution is 7.89. The normalized spacial score (nSPS) is 16.1. The monoisotopic (exact) mass is 480 g/mol. The van der Waals surface area contributed by atoms with Crippen molar-refractivity contribution >= 4 is 49.1 Å². The average molecular weight is 481 g/mol. The number of hydrogen-bond acceptors (Lipinski definition) is 5. The molecular weight excluding hydrogens is 456 g/mol. The lowest BCUT2D eigenvalue weighted by Gasteiger charge is -2.31. The molecule has 10 heteroatoms. The van der Waals surface area contributed by atoms with E-state index in [1.165, 1.54) is 11.3 Å². The molecule has 2 aromatic heterocycles. The molecule has 1 amide bonds. The predicted molar refractivity (Wildman–Crippen MR) is 125 cm³/mol. The lowest BCUT2D eigenvalue weighted by molar-refractivity contribution is 0.0928. The zero-order valence-corrected chi connectivity index (χ0v) is 19.9. The zero-order valence-electron chi connectivity index (χ0n) is 17.5. The van der Waals surface area contributed by atoms with E-state index in [4.69, 9.17) is 11.6 Å². The summed E-state index contributed by atoms with van der Waals surface area (Å²) in [5, 5.41) is 9.24. The van der Waals surface area contributed by atoms with E-state index in [0.717, 1.165) is 21.6 Å². The third-order valence-electron chi connectivity index (χ3n) is 5.47. The van der Waals surface area contributed by atoms with Gasteiger partial charge in [0.1, 0.15) is 4.83 Å². The second kappa shape index (κ2) is 8.90. The van der Waals surface area contributed by atoms with E-state index < -0.39 is 10.0 Å². The van der Waals surface area contributed by atoms with E-state index in [-0.39, 0.29) is 17.7 Å². The van der Waals surface area contributed by atoms with Crippen molar-refractivity contribution in [1.82, 2.24) is 19.4 Å². The fourth-order valence-corrected chi connectivity index (χ4v) is 6.68. The second-order valence-electron chi connectivity index (χ2n) is 7.77. The molecule has 3 aromatic rings. The fourth-order valence-electron chi connectivity index (χ4n) is 3.86. The van der Waals surface area contributed by atoms with Crippen LogP contribution in [0.15, 0.2) is 30.3 Å². The number of nitrogens with zero attached hydrogens (tertiary/aromatic N) is 3. The van der Waals surface area contributed by atoms with Crippen LogP contribution >= 0.6 is 22.9 Å². The van der Waals surface area contributed by atoms with Crippen molar-refractivity contribution in [2.75, 3.05) is 18.8 Å². The zero-order chi connectivity index (χ0) is 22.2. The Labute approximate surface area is 191 Å². The summed E-state index contributed by atoms with van der Waals surface area (Å²) < 4.78 is 27.8. The van der Waals surface area contributed by atoms with Gasteiger partial charge in [-0.05, 0) is 50.5 Å². The number of piperidine rings is 1. The molecule has 0 radical (unpaired) electrons. The molecule has 1 aliphatic rings. The standard InChI is InChI=1S/C21H25ClN4O3S2/c1-3-11-31(28,29)25-9-7-16(8-10-25)23-20(27)19-13-18-14(2)24-26(21(18)30-19)17-6-4-5-15(22)12-17/h4-6,12-13,16H,3,7-11H2,1-2H3,(H,23,27). The van der Waals surface area contributed by atoms with Crippen molar-refractivity contribution in [3.05, 3.63) is 45.9 Å². The number of nitrogens with one attached hydrogen (secondary N) is 1. The summed E-state index contributed by atoms with van der Waals surface area (Å²) in [5.41, 5.74) is 1.69. The number of hydrogen-bond donors (Lipinski definition) is 1. The van der Waals surface area contributed by atoms with Crippen molar-refractivity contribution in [2.24, 2.45) is 0 Å². The number of sulfonamides is 1. The number of rotatable bonds is 6. The fraction of sp³-hybridized carbons (Fsp3) is 0.429. The number of carbonyl (C=O) groups is 1. The number of amides is 1. The van der Waals surface area contributed by atoms with E-state index in [0.29, 0.717) is 42.3 Å². The molecule has 0 unspecified atom stereocenters. The van der Waals surface area contributed by atoms with Crippen molar-refractivity contribution in [2.45, 2.75) is 39.2 Å². The van der Waals surface area contributed by atoms with Gasteiger partial charge in [-0.15, -0.1) is 11.3 Å². The van der Waals surface area contributed by atoms with Crippen molar-refractivity contribution in [3.8, 4) is 5.69 Å². The van der Waals surface area contributed by atoms with Crippen molar-refractivity contribution < 1.29 is 13.2 Å². The number of aromatic nitrogens is 2. The van der Waals surface area contributed by atoms with Crippen LogP contribution in [0.3, 0.4) is 0 Å². The Morgan fingerprint density at radius 2 is 2.03 bits per heavy atom. The van der Waals surface area contributed by atoms with Crippen molar-refractivity contribution in [3.63, 3.8) is 0 Å². The largest absolute Gasteiger partial charge is 0.349 e. The van der Waals surface area contributed by atoms with Crippen LogP contribution in [0.1, 0.15) is 41.6 Å². The molecule has 4 rings (SSSR count). The van der Waals surface area contributed by atoms with Gasteiger partial charge < -0.3 is 5.32 Å². The first-order valence-corrected chi connectivity index (χ1v) is 13.1. The molecule has 1 saturated heterocycles. The van der Waals surface area contributed by atoms with Crippen LogP contribution in [0.4, 0.5) is 0 Å². The molecule has 1 fully saturated rings. The minimum atomic E-state index is -3.18. The first-order chi connectivity index (χ1) is 14.8. The summed E-state index contributed by atoms with van der Waals surface area (Å²) in [7, 11) is -3.18. The molecule has 1 N–H and O–H groups in total. The highest BCUT2D eigenvalue weighted by Gasteiger charge is 2.28. The first-order valence-electron chi connectivity index (χ1n) is 10.3. The number of thiophene rings is 1. The molecule has 3 heterocycles. The number of aryl methyl sites for hydroxylation is 1. The molecule has 0 atom stereocenters. The van der Waals surface area contributed by atoms with Gasteiger partial charge in [0.2, 0.25) is 10.0 Å². The average Bonchev–Trinajstić information content (AvgIpc) is 3.29. The van der Waals surface area contributed by atoms with Gasteiger partial charge in [0.25, 0.3) is 5.91 Å². The number of carbonyl (C=O) groups excluding carboxylic acids is 1. The summed E-state index contributed by atoms with van der Waals surface area (Å²) in [6, 6.07) is 9.29. The molecule has 0 bridgehead atoms. The van der Waals surface area contributed by atoms with E-state index in [1.807, 2.05) is 48.9 Å². The Bertz CT molecular complexity index is 1210. The van der Waals surface area contributed by atoms with Crippen LogP contribution in [-0.2, 0) is 10.0 Å². The second-order valence-corrected chi connectivity index (χ2v) is 11.3. The molecule has 1 aromatic carbocycles. The van der Waals surface area contributed by atoms with Gasteiger partial charge in [-0.25, -0.2) is 17.4 Å². The topological polar surface area (TPSA) is 84.3 Å². The van der Waals surface area contributed by atoms with Crippen LogP contribution in [0.5, 0.6) is 0 Å². The number of fused-ring (bicyclic) bond motifs is 1. The summed E-state index contributed by atoms with van der Waals surface area (Å²) in [5.74, 6) is 0.0440. The molecule has 31 heavy (non-hydrogen) atoms. The summed E-state index contributed by atoms with van der Waals surface area (Å²) in [4.78, 5) is 14.4. The Morgan fingerprint density at radius 3 is 2.71 bits per heavy atom. The van der Waals surface area contributed by atoms with Gasteiger partial charge in [-0.1, -0.05) is 24.6 Å². The van der Waals surface area contributed by atoms with E-state index in [2.05, 4.69) is 10.4 Å².